The summed E-state index contributed by atoms with van der Waals surface area (Å²) in [4.78, 5) is 4.70. The Balaban J connectivity index is 1.91. The predicted octanol–water partition coefficient (Wildman–Crippen LogP) is 2.59. The van der Waals surface area contributed by atoms with E-state index in [1.54, 1.807) is 0 Å². The van der Waals surface area contributed by atoms with E-state index in [2.05, 4.69) is 4.72 Å². The molecule has 0 radical (unpaired) electrons. The lowest BCUT2D eigenvalue weighted by molar-refractivity contribution is 0.540. The lowest BCUT2D eigenvalue weighted by Crippen LogP contribution is -2.28. The first-order chi connectivity index (χ1) is 11.4. The number of benzene rings is 1. The third-order valence-corrected chi connectivity index (χ3v) is 5.17. The molecule has 1 fully saturated rings. The SMILES string of the molecule is C[C@H](NS(C)(=O)=O)c1nc(C2CCCC2)nn1Cc1ccccc1. The summed E-state index contributed by atoms with van der Waals surface area (Å²) in [5.41, 5.74) is 1.12. The second kappa shape index (κ2) is 7.03. The van der Waals surface area contributed by atoms with Gasteiger partial charge in [0.1, 0.15) is 5.82 Å². The molecule has 0 amide bonds. The molecule has 1 aliphatic carbocycles. The van der Waals surface area contributed by atoms with Gasteiger partial charge in [-0.2, -0.15) is 5.10 Å². The molecule has 1 aliphatic rings. The van der Waals surface area contributed by atoms with Crippen LogP contribution in [0.15, 0.2) is 30.3 Å². The highest BCUT2D eigenvalue weighted by molar-refractivity contribution is 7.88. The number of aromatic nitrogens is 3. The molecule has 7 heteroatoms. The molecule has 130 valence electrons. The topological polar surface area (TPSA) is 76.9 Å². The highest BCUT2D eigenvalue weighted by Gasteiger charge is 2.25. The van der Waals surface area contributed by atoms with Gasteiger partial charge in [-0.05, 0) is 25.3 Å². The second-order valence-corrected chi connectivity index (χ2v) is 8.34. The molecule has 0 aliphatic heterocycles. The molecule has 3 rings (SSSR count). The maximum absolute atomic E-state index is 11.6. The number of hydrogen-bond acceptors (Lipinski definition) is 4. The van der Waals surface area contributed by atoms with Crippen molar-refractivity contribution in [3.63, 3.8) is 0 Å². The van der Waals surface area contributed by atoms with Crippen LogP contribution >= 0.6 is 0 Å². The van der Waals surface area contributed by atoms with Crippen LogP contribution in [0.1, 0.15) is 61.8 Å². The summed E-state index contributed by atoms with van der Waals surface area (Å²) in [6, 6.07) is 9.62. The molecule has 2 aromatic rings. The molecule has 1 N–H and O–H groups in total. The van der Waals surface area contributed by atoms with Gasteiger partial charge in [-0.3, -0.25) is 0 Å². The Morgan fingerprint density at radius 3 is 2.54 bits per heavy atom. The van der Waals surface area contributed by atoms with E-state index in [1.807, 2.05) is 41.9 Å². The van der Waals surface area contributed by atoms with Crippen LogP contribution in [0.25, 0.3) is 0 Å². The van der Waals surface area contributed by atoms with Gasteiger partial charge in [0, 0.05) is 5.92 Å². The van der Waals surface area contributed by atoms with Crippen molar-refractivity contribution in [2.45, 2.75) is 51.1 Å². The van der Waals surface area contributed by atoms with Crippen molar-refractivity contribution >= 4 is 10.0 Å². The number of rotatable bonds is 6. The van der Waals surface area contributed by atoms with Gasteiger partial charge in [-0.25, -0.2) is 22.8 Å². The summed E-state index contributed by atoms with van der Waals surface area (Å²) in [6.07, 6.45) is 5.82. The summed E-state index contributed by atoms with van der Waals surface area (Å²) in [7, 11) is -3.30. The Bertz CT molecular complexity index is 780. The van der Waals surface area contributed by atoms with E-state index in [0.29, 0.717) is 18.3 Å². The van der Waals surface area contributed by atoms with E-state index in [1.165, 1.54) is 19.1 Å². The highest BCUT2D eigenvalue weighted by atomic mass is 32.2. The van der Waals surface area contributed by atoms with Crippen LogP contribution in [0.4, 0.5) is 0 Å². The van der Waals surface area contributed by atoms with Gasteiger partial charge in [0.2, 0.25) is 10.0 Å². The fourth-order valence-electron chi connectivity index (χ4n) is 3.30. The molecular weight excluding hydrogens is 324 g/mol. The normalized spacial score (nSPS) is 17.2. The van der Waals surface area contributed by atoms with Crippen molar-refractivity contribution in [3.05, 3.63) is 47.5 Å². The van der Waals surface area contributed by atoms with Crippen molar-refractivity contribution in [3.8, 4) is 0 Å². The van der Waals surface area contributed by atoms with E-state index in [4.69, 9.17) is 10.1 Å². The Hall–Kier alpha value is -1.73. The van der Waals surface area contributed by atoms with Crippen LogP contribution in [0.2, 0.25) is 0 Å². The molecule has 1 saturated carbocycles. The minimum absolute atomic E-state index is 0.395. The summed E-state index contributed by atoms with van der Waals surface area (Å²) in [5, 5.41) is 4.71. The maximum Gasteiger partial charge on any atom is 0.209 e. The number of sulfonamides is 1. The zero-order valence-corrected chi connectivity index (χ0v) is 15.0. The molecule has 6 nitrogen and oxygen atoms in total. The Morgan fingerprint density at radius 1 is 1.25 bits per heavy atom. The second-order valence-electron chi connectivity index (χ2n) is 6.56. The standard InChI is InChI=1S/C17H24N4O2S/c1-13(20-24(2,22)23)17-18-16(15-10-6-7-11-15)19-21(17)12-14-8-4-3-5-9-14/h3-5,8-9,13,15,20H,6-7,10-12H2,1-2H3/t13-/m0/s1. The molecule has 1 atom stereocenters. The van der Waals surface area contributed by atoms with Gasteiger partial charge < -0.3 is 0 Å². The van der Waals surface area contributed by atoms with Crippen LogP contribution in [-0.4, -0.2) is 29.4 Å². The molecule has 1 aromatic carbocycles. The number of hydrogen-bond donors (Lipinski definition) is 1. The van der Waals surface area contributed by atoms with E-state index < -0.39 is 16.1 Å². The van der Waals surface area contributed by atoms with Gasteiger partial charge in [0.15, 0.2) is 5.82 Å². The van der Waals surface area contributed by atoms with Gasteiger partial charge >= 0.3 is 0 Å². The van der Waals surface area contributed by atoms with Crippen LogP contribution in [0.5, 0.6) is 0 Å². The lowest BCUT2D eigenvalue weighted by atomic mass is 10.1. The van der Waals surface area contributed by atoms with Gasteiger partial charge in [0.25, 0.3) is 0 Å². The van der Waals surface area contributed by atoms with Gasteiger partial charge in [-0.15, -0.1) is 0 Å². The molecule has 24 heavy (non-hydrogen) atoms. The fraction of sp³-hybridized carbons (Fsp3) is 0.529. The molecule has 0 saturated heterocycles. The largest absolute Gasteiger partial charge is 0.244 e. The van der Waals surface area contributed by atoms with Crippen molar-refractivity contribution in [2.24, 2.45) is 0 Å². The number of nitrogens with zero attached hydrogens (tertiary/aromatic N) is 3. The van der Waals surface area contributed by atoms with Crippen molar-refractivity contribution in [1.82, 2.24) is 19.5 Å². The fourth-order valence-corrected chi connectivity index (χ4v) is 4.04. The van der Waals surface area contributed by atoms with Crippen LogP contribution < -0.4 is 4.72 Å². The summed E-state index contributed by atoms with van der Waals surface area (Å²) >= 11 is 0. The molecule has 1 aromatic heterocycles. The molecule has 0 bridgehead atoms. The smallest absolute Gasteiger partial charge is 0.209 e. The van der Waals surface area contributed by atoms with E-state index in [-0.39, 0.29) is 0 Å². The van der Waals surface area contributed by atoms with Crippen LogP contribution in [-0.2, 0) is 16.6 Å². The van der Waals surface area contributed by atoms with E-state index in [0.717, 1.165) is 24.2 Å². The lowest BCUT2D eigenvalue weighted by Gasteiger charge is -2.13. The van der Waals surface area contributed by atoms with Gasteiger partial charge in [-0.1, -0.05) is 43.2 Å². The Labute approximate surface area is 143 Å². The molecule has 1 heterocycles. The minimum atomic E-state index is -3.30. The summed E-state index contributed by atoms with van der Waals surface area (Å²) in [6.45, 7) is 2.40. The highest BCUT2D eigenvalue weighted by Crippen LogP contribution is 2.32. The first-order valence-electron chi connectivity index (χ1n) is 8.38. The monoisotopic (exact) mass is 348 g/mol. The van der Waals surface area contributed by atoms with Crippen LogP contribution in [0.3, 0.4) is 0 Å². The summed E-state index contributed by atoms with van der Waals surface area (Å²) in [5.74, 6) is 1.91. The zero-order valence-electron chi connectivity index (χ0n) is 14.1. The van der Waals surface area contributed by atoms with Crippen molar-refractivity contribution < 1.29 is 8.42 Å². The predicted molar refractivity (Wildman–Crippen MR) is 93.2 cm³/mol. The summed E-state index contributed by atoms with van der Waals surface area (Å²) < 4.78 is 27.6. The average molecular weight is 348 g/mol. The Morgan fingerprint density at radius 2 is 1.92 bits per heavy atom. The number of nitrogens with one attached hydrogen (secondary N) is 1. The van der Waals surface area contributed by atoms with E-state index in [9.17, 15) is 8.42 Å². The van der Waals surface area contributed by atoms with Gasteiger partial charge in [0.05, 0.1) is 18.8 Å². The third kappa shape index (κ3) is 4.21. The maximum atomic E-state index is 11.6. The van der Waals surface area contributed by atoms with Crippen molar-refractivity contribution in [1.29, 1.82) is 0 Å². The van der Waals surface area contributed by atoms with Crippen molar-refractivity contribution in [2.75, 3.05) is 6.26 Å². The minimum Gasteiger partial charge on any atom is -0.244 e. The molecular formula is C17H24N4O2S. The molecule has 0 unspecified atom stereocenters. The quantitative estimate of drug-likeness (QED) is 0.870. The third-order valence-electron chi connectivity index (χ3n) is 4.39. The zero-order chi connectivity index (χ0) is 17.2. The molecule has 0 spiro atoms. The Kier molecular flexibility index (Phi) is 5.01. The van der Waals surface area contributed by atoms with E-state index >= 15 is 0 Å². The first-order valence-corrected chi connectivity index (χ1v) is 10.3. The first kappa shape index (κ1) is 17.1. The van der Waals surface area contributed by atoms with Crippen LogP contribution in [0, 0.1) is 0 Å². The average Bonchev–Trinajstić information content (AvgIpc) is 3.15.